The van der Waals surface area contributed by atoms with Crippen LogP contribution in [0, 0.1) is 0 Å². The topological polar surface area (TPSA) is 75.7 Å². The number of fused-ring (bicyclic) bond motifs is 1. The van der Waals surface area contributed by atoms with Crippen molar-refractivity contribution in [3.8, 4) is 5.75 Å². The van der Waals surface area contributed by atoms with Crippen molar-refractivity contribution >= 4 is 21.6 Å². The average molecular weight is 403 g/mol. The number of ether oxygens (including phenoxy) is 1. The molecule has 2 aromatic carbocycles. The van der Waals surface area contributed by atoms with E-state index in [4.69, 9.17) is 4.74 Å². The van der Waals surface area contributed by atoms with Gasteiger partial charge in [0.25, 0.3) is 0 Å². The second kappa shape index (κ2) is 7.47. The summed E-state index contributed by atoms with van der Waals surface area (Å²) in [5, 5.41) is 3.03. The van der Waals surface area contributed by atoms with Gasteiger partial charge in [-0.3, -0.25) is 9.10 Å². The molecule has 150 valence electrons. The Morgan fingerprint density at radius 2 is 1.75 bits per heavy atom. The van der Waals surface area contributed by atoms with Gasteiger partial charge >= 0.3 is 0 Å². The third-order valence-corrected chi connectivity index (χ3v) is 6.03. The lowest BCUT2D eigenvalue weighted by Crippen LogP contribution is -2.50. The van der Waals surface area contributed by atoms with Gasteiger partial charge in [-0.25, -0.2) is 8.42 Å². The van der Waals surface area contributed by atoms with Gasteiger partial charge in [0.05, 0.1) is 18.0 Å². The van der Waals surface area contributed by atoms with E-state index in [1.54, 1.807) is 37.3 Å². The number of sulfonamides is 1. The lowest BCUT2D eigenvalue weighted by atomic mass is 9.89. The molecule has 0 fully saturated rings. The zero-order chi connectivity index (χ0) is 20.5. The number of carbonyl (C=O) groups is 1. The van der Waals surface area contributed by atoms with Gasteiger partial charge in [-0.15, -0.1) is 0 Å². The number of amides is 1. The van der Waals surface area contributed by atoms with Crippen molar-refractivity contribution in [3.63, 3.8) is 0 Å². The first-order chi connectivity index (χ1) is 13.1. The lowest BCUT2D eigenvalue weighted by molar-refractivity contribution is -0.123. The van der Waals surface area contributed by atoms with Crippen molar-refractivity contribution in [1.29, 1.82) is 0 Å². The number of nitrogens with one attached hydrogen (secondary N) is 1. The fourth-order valence-corrected chi connectivity index (χ4v) is 4.78. The summed E-state index contributed by atoms with van der Waals surface area (Å²) < 4.78 is 32.0. The Hall–Kier alpha value is -2.54. The maximum atomic E-state index is 13.0. The summed E-state index contributed by atoms with van der Waals surface area (Å²) in [7, 11) is -3.64. The summed E-state index contributed by atoms with van der Waals surface area (Å²) in [4.78, 5) is 13.0. The monoisotopic (exact) mass is 402 g/mol. The number of carbonyl (C=O) groups excluding carboxylic acids is 1. The SMILES string of the molecule is C[C@@H](C(=O)N[C@H]1CC(C)(C)Oc2ccccc21)N(c1ccccc1)S(C)(=O)=O. The molecule has 0 saturated heterocycles. The van der Waals surface area contributed by atoms with Crippen LogP contribution in [0.2, 0.25) is 0 Å². The van der Waals surface area contributed by atoms with E-state index in [2.05, 4.69) is 5.32 Å². The molecule has 1 amide bonds. The van der Waals surface area contributed by atoms with E-state index >= 15 is 0 Å². The molecule has 1 aliphatic rings. The Kier molecular flexibility index (Phi) is 5.39. The van der Waals surface area contributed by atoms with Crippen LogP contribution in [0.25, 0.3) is 0 Å². The molecule has 6 nitrogen and oxygen atoms in total. The summed E-state index contributed by atoms with van der Waals surface area (Å²) in [5.74, 6) is 0.381. The Morgan fingerprint density at radius 3 is 2.39 bits per heavy atom. The summed E-state index contributed by atoms with van der Waals surface area (Å²) in [6.07, 6.45) is 1.70. The van der Waals surface area contributed by atoms with Crippen LogP contribution < -0.4 is 14.4 Å². The number of nitrogens with zero attached hydrogens (tertiary/aromatic N) is 1. The highest BCUT2D eigenvalue weighted by atomic mass is 32.2. The molecule has 0 bridgehead atoms. The van der Waals surface area contributed by atoms with Crippen molar-refractivity contribution < 1.29 is 17.9 Å². The molecule has 1 N–H and O–H groups in total. The predicted molar refractivity (Wildman–Crippen MR) is 110 cm³/mol. The van der Waals surface area contributed by atoms with Crippen LogP contribution in [0.1, 0.15) is 38.8 Å². The van der Waals surface area contributed by atoms with E-state index < -0.39 is 21.7 Å². The molecule has 1 heterocycles. The highest BCUT2D eigenvalue weighted by Crippen LogP contribution is 2.39. The standard InChI is InChI=1S/C21H26N2O4S/c1-15(23(28(4,25)26)16-10-6-5-7-11-16)20(24)22-18-14-21(2,3)27-19-13-9-8-12-17(18)19/h5-13,15,18H,14H2,1-4H3,(H,22,24)/t15-,18-/m0/s1. The Bertz CT molecular complexity index is 957. The molecule has 1 aliphatic heterocycles. The molecule has 2 aromatic rings. The van der Waals surface area contributed by atoms with Crippen LogP contribution in [0.15, 0.2) is 54.6 Å². The summed E-state index contributed by atoms with van der Waals surface area (Å²) in [6.45, 7) is 5.54. The van der Waals surface area contributed by atoms with Crippen LogP contribution in [0.3, 0.4) is 0 Å². The Labute approximate surface area is 166 Å². The molecule has 0 aliphatic carbocycles. The summed E-state index contributed by atoms with van der Waals surface area (Å²) >= 11 is 0. The molecule has 0 aromatic heterocycles. The van der Waals surface area contributed by atoms with Crippen LogP contribution in [0.5, 0.6) is 5.75 Å². The van der Waals surface area contributed by atoms with Crippen LogP contribution >= 0.6 is 0 Å². The molecule has 0 saturated carbocycles. The van der Waals surface area contributed by atoms with Gasteiger partial charge in [-0.2, -0.15) is 0 Å². The Balaban J connectivity index is 1.87. The zero-order valence-electron chi connectivity index (χ0n) is 16.5. The van der Waals surface area contributed by atoms with Crippen molar-refractivity contribution in [1.82, 2.24) is 5.32 Å². The maximum absolute atomic E-state index is 13.0. The third kappa shape index (κ3) is 4.30. The number of hydrogen-bond donors (Lipinski definition) is 1. The molecule has 28 heavy (non-hydrogen) atoms. The minimum absolute atomic E-state index is 0.257. The van der Waals surface area contributed by atoms with Crippen LogP contribution in [-0.2, 0) is 14.8 Å². The zero-order valence-corrected chi connectivity index (χ0v) is 17.4. The molecule has 0 radical (unpaired) electrons. The van der Waals surface area contributed by atoms with Gasteiger partial charge < -0.3 is 10.1 Å². The first-order valence-corrected chi connectivity index (χ1v) is 11.1. The van der Waals surface area contributed by atoms with Gasteiger partial charge in [-0.1, -0.05) is 36.4 Å². The minimum atomic E-state index is -3.64. The molecular weight excluding hydrogens is 376 g/mol. The smallest absolute Gasteiger partial charge is 0.244 e. The van der Waals surface area contributed by atoms with E-state index in [9.17, 15) is 13.2 Å². The van der Waals surface area contributed by atoms with Gasteiger partial charge in [0.1, 0.15) is 17.4 Å². The van der Waals surface area contributed by atoms with E-state index in [-0.39, 0.29) is 11.9 Å². The van der Waals surface area contributed by atoms with Crippen molar-refractivity contribution in [3.05, 3.63) is 60.2 Å². The van der Waals surface area contributed by atoms with Crippen molar-refractivity contribution in [2.75, 3.05) is 10.6 Å². The maximum Gasteiger partial charge on any atom is 0.244 e. The number of rotatable bonds is 5. The number of benzene rings is 2. The van der Waals surface area contributed by atoms with Crippen molar-refractivity contribution in [2.45, 2.75) is 44.9 Å². The van der Waals surface area contributed by atoms with Gasteiger partial charge in [0.15, 0.2) is 0 Å². The first-order valence-electron chi connectivity index (χ1n) is 9.21. The highest BCUT2D eigenvalue weighted by Gasteiger charge is 2.36. The van der Waals surface area contributed by atoms with Crippen molar-refractivity contribution in [2.24, 2.45) is 0 Å². The third-order valence-electron chi connectivity index (χ3n) is 4.79. The van der Waals surface area contributed by atoms with E-state index in [1.807, 2.05) is 38.1 Å². The number of hydrogen-bond acceptors (Lipinski definition) is 4. The largest absolute Gasteiger partial charge is 0.487 e. The van der Waals surface area contributed by atoms with Crippen LogP contribution in [-0.4, -0.2) is 32.2 Å². The Morgan fingerprint density at radius 1 is 1.14 bits per heavy atom. The normalized spacial score (nSPS) is 19.1. The second-order valence-electron chi connectivity index (χ2n) is 7.74. The number of para-hydroxylation sites is 2. The summed E-state index contributed by atoms with van der Waals surface area (Å²) in [5.41, 5.74) is 0.916. The fraction of sp³-hybridized carbons (Fsp3) is 0.381. The molecule has 3 rings (SSSR count). The first kappa shape index (κ1) is 20.2. The molecule has 2 atom stereocenters. The van der Waals surface area contributed by atoms with E-state index in [1.165, 1.54) is 0 Å². The minimum Gasteiger partial charge on any atom is -0.487 e. The highest BCUT2D eigenvalue weighted by molar-refractivity contribution is 7.92. The molecular formula is C21H26N2O4S. The molecule has 0 spiro atoms. The summed E-state index contributed by atoms with van der Waals surface area (Å²) in [6, 6.07) is 15.1. The molecule has 0 unspecified atom stereocenters. The van der Waals surface area contributed by atoms with E-state index in [0.29, 0.717) is 12.1 Å². The van der Waals surface area contributed by atoms with Gasteiger partial charge in [0.2, 0.25) is 15.9 Å². The van der Waals surface area contributed by atoms with Crippen LogP contribution in [0.4, 0.5) is 5.69 Å². The fourth-order valence-electron chi connectivity index (χ4n) is 3.61. The number of anilines is 1. The van der Waals surface area contributed by atoms with Gasteiger partial charge in [0, 0.05) is 12.0 Å². The predicted octanol–water partition coefficient (Wildman–Crippen LogP) is 3.26. The second-order valence-corrected chi connectivity index (χ2v) is 9.59. The van der Waals surface area contributed by atoms with E-state index in [0.717, 1.165) is 21.9 Å². The average Bonchev–Trinajstić information content (AvgIpc) is 2.60. The lowest BCUT2D eigenvalue weighted by Gasteiger charge is -2.38. The quantitative estimate of drug-likeness (QED) is 0.833. The molecule has 7 heteroatoms. The van der Waals surface area contributed by atoms with Gasteiger partial charge in [-0.05, 0) is 39.0 Å².